The summed E-state index contributed by atoms with van der Waals surface area (Å²) in [5.41, 5.74) is 6.45. The third-order valence-corrected chi connectivity index (χ3v) is 3.78. The molecular formula is C15H33NS. The fraction of sp³-hybridized carbons (Fsp3) is 1.00. The van der Waals surface area contributed by atoms with Crippen LogP contribution >= 0.6 is 11.8 Å². The van der Waals surface area contributed by atoms with E-state index in [9.17, 15) is 0 Å². The fourth-order valence-electron chi connectivity index (χ4n) is 3.19. The number of nitrogens with two attached hydrogens (primary N) is 1. The summed E-state index contributed by atoms with van der Waals surface area (Å²) in [5.74, 6) is 0. The monoisotopic (exact) mass is 259 g/mol. The molecule has 17 heavy (non-hydrogen) atoms. The van der Waals surface area contributed by atoms with E-state index in [-0.39, 0.29) is 10.3 Å². The van der Waals surface area contributed by atoms with Gasteiger partial charge < -0.3 is 5.73 Å². The van der Waals surface area contributed by atoms with Gasteiger partial charge in [-0.25, -0.2) is 0 Å². The van der Waals surface area contributed by atoms with Gasteiger partial charge in [0.05, 0.1) is 0 Å². The summed E-state index contributed by atoms with van der Waals surface area (Å²) in [5, 5.41) is 0. The summed E-state index contributed by atoms with van der Waals surface area (Å²) in [6.45, 7) is 20.5. The summed E-state index contributed by atoms with van der Waals surface area (Å²) >= 11 is 2.08. The first-order chi connectivity index (χ1) is 7.12. The second-order valence-corrected chi connectivity index (χ2v) is 10.9. The maximum absolute atomic E-state index is 6.15. The van der Waals surface area contributed by atoms with Crippen molar-refractivity contribution < 1.29 is 0 Å². The van der Waals surface area contributed by atoms with Gasteiger partial charge in [-0.05, 0) is 32.1 Å². The second kappa shape index (κ2) is 5.13. The minimum Gasteiger partial charge on any atom is -0.326 e. The standard InChI is InChI=1S/C15H33NS/c1-12(2,3)10-14(6,7)17-15(8,9)11-13(4,5)16/h10-11,16H2,1-9H3. The zero-order valence-corrected chi connectivity index (χ0v) is 14.2. The fourth-order valence-corrected chi connectivity index (χ4v) is 5.64. The van der Waals surface area contributed by atoms with Gasteiger partial charge >= 0.3 is 0 Å². The van der Waals surface area contributed by atoms with Crippen LogP contribution in [-0.4, -0.2) is 15.0 Å². The predicted octanol–water partition coefficient (Wildman–Crippen LogP) is 4.84. The van der Waals surface area contributed by atoms with E-state index in [1.54, 1.807) is 0 Å². The number of thioether (sulfide) groups is 1. The van der Waals surface area contributed by atoms with Crippen molar-refractivity contribution in [2.24, 2.45) is 11.1 Å². The van der Waals surface area contributed by atoms with Gasteiger partial charge in [-0.3, -0.25) is 0 Å². The SMILES string of the molecule is CC(C)(C)CC(C)(C)SC(C)(C)CC(C)(C)N. The van der Waals surface area contributed by atoms with Gasteiger partial charge in [0, 0.05) is 15.0 Å². The van der Waals surface area contributed by atoms with Crippen molar-refractivity contribution in [3.8, 4) is 0 Å². The Morgan fingerprint density at radius 1 is 0.706 bits per heavy atom. The summed E-state index contributed by atoms with van der Waals surface area (Å²) in [6.07, 6.45) is 2.26. The predicted molar refractivity (Wildman–Crippen MR) is 82.7 cm³/mol. The van der Waals surface area contributed by atoms with Crippen molar-refractivity contribution in [3.63, 3.8) is 0 Å². The lowest BCUT2D eigenvalue weighted by Crippen LogP contribution is -2.41. The third-order valence-electron chi connectivity index (χ3n) is 2.39. The topological polar surface area (TPSA) is 26.0 Å². The average molecular weight is 260 g/mol. The van der Waals surface area contributed by atoms with E-state index in [0.29, 0.717) is 10.2 Å². The van der Waals surface area contributed by atoms with Crippen LogP contribution in [0.25, 0.3) is 0 Å². The highest BCUT2D eigenvalue weighted by atomic mass is 32.2. The highest BCUT2D eigenvalue weighted by Crippen LogP contribution is 2.45. The van der Waals surface area contributed by atoms with Crippen LogP contribution < -0.4 is 5.73 Å². The zero-order valence-electron chi connectivity index (χ0n) is 13.4. The Morgan fingerprint density at radius 2 is 1.06 bits per heavy atom. The van der Waals surface area contributed by atoms with E-state index >= 15 is 0 Å². The van der Waals surface area contributed by atoms with Crippen molar-refractivity contribution in [1.29, 1.82) is 0 Å². The minimum absolute atomic E-state index is 0.0890. The molecule has 0 bridgehead atoms. The Balaban J connectivity index is 4.59. The van der Waals surface area contributed by atoms with E-state index in [1.807, 2.05) is 0 Å². The Labute approximate surface area is 113 Å². The lowest BCUT2D eigenvalue weighted by molar-refractivity contribution is 0.336. The molecule has 0 heterocycles. The number of rotatable bonds is 5. The van der Waals surface area contributed by atoms with Gasteiger partial charge in [-0.15, -0.1) is 11.8 Å². The summed E-state index contributed by atoms with van der Waals surface area (Å²) in [4.78, 5) is 0. The van der Waals surface area contributed by atoms with Gasteiger partial charge in [0.15, 0.2) is 0 Å². The maximum atomic E-state index is 6.15. The molecular weight excluding hydrogens is 226 g/mol. The molecule has 0 aromatic heterocycles. The Kier molecular flexibility index (Phi) is 5.22. The smallest absolute Gasteiger partial charge is 0.0126 e. The minimum atomic E-state index is -0.0890. The van der Waals surface area contributed by atoms with Crippen molar-refractivity contribution in [1.82, 2.24) is 0 Å². The first-order valence-electron chi connectivity index (χ1n) is 6.61. The first-order valence-corrected chi connectivity index (χ1v) is 7.43. The van der Waals surface area contributed by atoms with Crippen molar-refractivity contribution in [2.75, 3.05) is 0 Å². The van der Waals surface area contributed by atoms with Crippen LogP contribution in [0.1, 0.15) is 75.2 Å². The normalized spacial score (nSPS) is 15.2. The van der Waals surface area contributed by atoms with E-state index in [2.05, 4.69) is 74.1 Å². The largest absolute Gasteiger partial charge is 0.326 e. The average Bonchev–Trinajstić information content (AvgIpc) is 1.65. The number of hydrogen-bond donors (Lipinski definition) is 1. The molecule has 0 saturated heterocycles. The van der Waals surface area contributed by atoms with Crippen LogP contribution in [-0.2, 0) is 0 Å². The molecule has 0 saturated carbocycles. The van der Waals surface area contributed by atoms with Crippen LogP contribution in [0, 0.1) is 5.41 Å². The van der Waals surface area contributed by atoms with E-state index in [0.717, 1.165) is 6.42 Å². The van der Waals surface area contributed by atoms with Gasteiger partial charge in [0.25, 0.3) is 0 Å². The molecule has 0 aromatic carbocycles. The second-order valence-electron chi connectivity index (χ2n) is 8.52. The quantitative estimate of drug-likeness (QED) is 0.764. The molecule has 0 fully saturated rings. The van der Waals surface area contributed by atoms with Crippen LogP contribution in [0.15, 0.2) is 0 Å². The molecule has 1 nitrogen and oxygen atoms in total. The molecule has 2 heteroatoms. The molecule has 0 aliphatic rings. The summed E-state index contributed by atoms with van der Waals surface area (Å²) in [6, 6.07) is 0. The van der Waals surface area contributed by atoms with Gasteiger partial charge in [0.1, 0.15) is 0 Å². The van der Waals surface area contributed by atoms with E-state index < -0.39 is 0 Å². The Hall–Kier alpha value is 0.310. The third kappa shape index (κ3) is 9.96. The molecule has 0 aromatic rings. The van der Waals surface area contributed by atoms with Crippen molar-refractivity contribution in [2.45, 2.75) is 90.2 Å². The molecule has 2 N–H and O–H groups in total. The molecule has 0 aliphatic heterocycles. The van der Waals surface area contributed by atoms with Crippen molar-refractivity contribution in [3.05, 3.63) is 0 Å². The highest BCUT2D eigenvalue weighted by molar-refractivity contribution is 8.01. The van der Waals surface area contributed by atoms with E-state index in [1.165, 1.54) is 6.42 Å². The summed E-state index contributed by atoms with van der Waals surface area (Å²) < 4.78 is 0.528. The van der Waals surface area contributed by atoms with Gasteiger partial charge in [-0.1, -0.05) is 48.5 Å². The van der Waals surface area contributed by atoms with Crippen molar-refractivity contribution >= 4 is 11.8 Å². The molecule has 0 rings (SSSR count). The highest BCUT2D eigenvalue weighted by Gasteiger charge is 2.35. The molecule has 104 valence electrons. The van der Waals surface area contributed by atoms with E-state index in [4.69, 9.17) is 5.73 Å². The Bertz CT molecular complexity index is 215. The maximum Gasteiger partial charge on any atom is 0.0126 e. The van der Waals surface area contributed by atoms with Gasteiger partial charge in [-0.2, -0.15) is 0 Å². The molecule has 0 radical (unpaired) electrons. The molecule has 0 aliphatic carbocycles. The van der Waals surface area contributed by atoms with Crippen LogP contribution in [0.5, 0.6) is 0 Å². The molecule has 0 atom stereocenters. The molecule has 0 spiro atoms. The first kappa shape index (κ1) is 17.3. The zero-order chi connectivity index (χ0) is 14.1. The summed E-state index contributed by atoms with van der Waals surface area (Å²) in [7, 11) is 0. The van der Waals surface area contributed by atoms with Crippen LogP contribution in [0.4, 0.5) is 0 Å². The Morgan fingerprint density at radius 3 is 1.35 bits per heavy atom. The number of hydrogen-bond acceptors (Lipinski definition) is 2. The molecule has 0 unspecified atom stereocenters. The van der Waals surface area contributed by atoms with Crippen LogP contribution in [0.2, 0.25) is 0 Å². The van der Waals surface area contributed by atoms with Gasteiger partial charge in [0.2, 0.25) is 0 Å². The lowest BCUT2D eigenvalue weighted by Gasteiger charge is -2.40. The van der Waals surface area contributed by atoms with Crippen LogP contribution in [0.3, 0.4) is 0 Å². The lowest BCUT2D eigenvalue weighted by atomic mass is 9.86. The molecule has 0 amide bonds.